The Morgan fingerprint density at radius 1 is 1.15 bits per heavy atom. The maximum absolute atomic E-state index is 5.84. The van der Waals surface area contributed by atoms with Crippen LogP contribution in [0, 0.1) is 6.92 Å². The third kappa shape index (κ3) is 1.45. The van der Waals surface area contributed by atoms with Gasteiger partial charge in [0.25, 0.3) is 0 Å². The van der Waals surface area contributed by atoms with Crippen molar-refractivity contribution in [2.45, 2.75) is 6.92 Å². The molecule has 0 fully saturated rings. The molecule has 5 heteroatoms. The van der Waals surface area contributed by atoms with E-state index in [0.29, 0.717) is 16.2 Å². The van der Waals surface area contributed by atoms with Crippen molar-refractivity contribution >= 4 is 34.2 Å². The highest BCUT2D eigenvalue weighted by Gasteiger charge is 2.06. The van der Waals surface area contributed by atoms with E-state index in [-0.39, 0.29) is 5.28 Å². The largest absolute Gasteiger partial charge is 0.251 e. The maximum Gasteiger partial charge on any atom is 0.224 e. The minimum absolute atomic E-state index is 0.147. The van der Waals surface area contributed by atoms with Crippen LogP contribution in [-0.2, 0) is 0 Å². The number of hydrogen-bond acceptors (Lipinski definition) is 3. The SMILES string of the molecule is Cc1ccnc2c(Cl)nc(Cl)nc12. The van der Waals surface area contributed by atoms with Gasteiger partial charge in [-0.25, -0.2) is 9.97 Å². The Balaban J connectivity index is 2.94. The van der Waals surface area contributed by atoms with Crippen LogP contribution in [0.1, 0.15) is 5.56 Å². The highest BCUT2D eigenvalue weighted by atomic mass is 35.5. The molecular weight excluding hydrogens is 209 g/mol. The van der Waals surface area contributed by atoms with Gasteiger partial charge in [-0.05, 0) is 30.2 Å². The van der Waals surface area contributed by atoms with E-state index in [1.54, 1.807) is 6.20 Å². The predicted molar refractivity (Wildman–Crippen MR) is 52.1 cm³/mol. The Hall–Kier alpha value is -0.930. The van der Waals surface area contributed by atoms with Gasteiger partial charge in [-0.2, -0.15) is 0 Å². The average molecular weight is 214 g/mol. The predicted octanol–water partition coefficient (Wildman–Crippen LogP) is 2.64. The highest BCUT2D eigenvalue weighted by Crippen LogP contribution is 2.21. The van der Waals surface area contributed by atoms with E-state index in [2.05, 4.69) is 15.0 Å². The summed E-state index contributed by atoms with van der Waals surface area (Å²) >= 11 is 11.5. The molecule has 2 rings (SSSR count). The zero-order valence-electron chi connectivity index (χ0n) is 6.75. The average Bonchev–Trinajstić information content (AvgIpc) is 2.07. The summed E-state index contributed by atoms with van der Waals surface area (Å²) in [5.74, 6) is 0. The number of nitrogens with zero attached hydrogens (tertiary/aromatic N) is 3. The van der Waals surface area contributed by atoms with E-state index in [1.807, 2.05) is 13.0 Å². The van der Waals surface area contributed by atoms with Crippen LogP contribution in [0.5, 0.6) is 0 Å². The molecule has 0 radical (unpaired) electrons. The smallest absolute Gasteiger partial charge is 0.224 e. The van der Waals surface area contributed by atoms with Gasteiger partial charge in [-0.15, -0.1) is 0 Å². The highest BCUT2D eigenvalue weighted by molar-refractivity contribution is 6.35. The molecule has 0 aromatic carbocycles. The minimum Gasteiger partial charge on any atom is -0.251 e. The minimum atomic E-state index is 0.147. The summed E-state index contributed by atoms with van der Waals surface area (Å²) < 4.78 is 0. The van der Waals surface area contributed by atoms with E-state index >= 15 is 0 Å². The van der Waals surface area contributed by atoms with Crippen molar-refractivity contribution in [2.24, 2.45) is 0 Å². The van der Waals surface area contributed by atoms with E-state index in [1.165, 1.54) is 0 Å². The number of rotatable bonds is 0. The lowest BCUT2D eigenvalue weighted by Crippen LogP contribution is -1.91. The van der Waals surface area contributed by atoms with Crippen LogP contribution in [0.3, 0.4) is 0 Å². The number of aryl methyl sites for hydroxylation is 1. The number of halogens is 2. The van der Waals surface area contributed by atoms with Crippen LogP contribution >= 0.6 is 23.2 Å². The van der Waals surface area contributed by atoms with Gasteiger partial charge in [0.05, 0.1) is 5.52 Å². The molecule has 2 aromatic heterocycles. The van der Waals surface area contributed by atoms with Crippen molar-refractivity contribution in [1.82, 2.24) is 15.0 Å². The monoisotopic (exact) mass is 213 g/mol. The van der Waals surface area contributed by atoms with E-state index in [0.717, 1.165) is 5.56 Å². The van der Waals surface area contributed by atoms with Crippen molar-refractivity contribution in [2.75, 3.05) is 0 Å². The second-order valence-electron chi connectivity index (χ2n) is 2.61. The lowest BCUT2D eigenvalue weighted by Gasteiger charge is -2.00. The third-order valence-corrected chi connectivity index (χ3v) is 2.15. The number of pyridine rings is 1. The maximum atomic E-state index is 5.84. The first-order valence-electron chi connectivity index (χ1n) is 3.63. The summed E-state index contributed by atoms with van der Waals surface area (Å²) in [5.41, 5.74) is 2.27. The first-order chi connectivity index (χ1) is 6.18. The van der Waals surface area contributed by atoms with E-state index < -0.39 is 0 Å². The molecule has 0 spiro atoms. The summed E-state index contributed by atoms with van der Waals surface area (Å²) in [4.78, 5) is 11.9. The second-order valence-corrected chi connectivity index (χ2v) is 3.30. The number of fused-ring (bicyclic) bond motifs is 1. The van der Waals surface area contributed by atoms with Gasteiger partial charge in [-0.3, -0.25) is 4.98 Å². The molecule has 2 heterocycles. The van der Waals surface area contributed by atoms with Gasteiger partial charge in [-0.1, -0.05) is 11.6 Å². The van der Waals surface area contributed by atoms with Gasteiger partial charge in [0.1, 0.15) is 5.52 Å². The Morgan fingerprint density at radius 2 is 1.92 bits per heavy atom. The standard InChI is InChI=1S/C8H5Cl2N3/c1-4-2-3-11-6-5(4)12-8(10)13-7(6)9/h2-3H,1H3. The van der Waals surface area contributed by atoms with E-state index in [4.69, 9.17) is 23.2 Å². The van der Waals surface area contributed by atoms with Gasteiger partial charge < -0.3 is 0 Å². The van der Waals surface area contributed by atoms with Crippen molar-refractivity contribution in [1.29, 1.82) is 0 Å². The Labute approximate surface area is 84.7 Å². The Morgan fingerprint density at radius 3 is 2.69 bits per heavy atom. The van der Waals surface area contributed by atoms with Gasteiger partial charge in [0.2, 0.25) is 5.28 Å². The number of aromatic nitrogens is 3. The molecule has 66 valence electrons. The third-order valence-electron chi connectivity index (χ3n) is 1.72. The van der Waals surface area contributed by atoms with E-state index in [9.17, 15) is 0 Å². The zero-order chi connectivity index (χ0) is 9.42. The molecular formula is C8H5Cl2N3. The summed E-state index contributed by atoms with van der Waals surface area (Å²) in [6.45, 7) is 1.92. The van der Waals surface area contributed by atoms with Crippen LogP contribution < -0.4 is 0 Å². The summed E-state index contributed by atoms with van der Waals surface area (Å²) in [6, 6.07) is 1.85. The zero-order valence-corrected chi connectivity index (χ0v) is 8.26. The fourth-order valence-corrected chi connectivity index (χ4v) is 1.52. The lowest BCUT2D eigenvalue weighted by molar-refractivity contribution is 1.18. The molecule has 0 saturated heterocycles. The van der Waals surface area contributed by atoms with Crippen molar-refractivity contribution in [3.05, 3.63) is 28.3 Å². The first-order valence-corrected chi connectivity index (χ1v) is 4.38. The fourth-order valence-electron chi connectivity index (χ4n) is 1.09. The van der Waals surface area contributed by atoms with Gasteiger partial charge in [0.15, 0.2) is 5.15 Å². The molecule has 3 nitrogen and oxygen atoms in total. The van der Waals surface area contributed by atoms with Crippen molar-refractivity contribution in [3.8, 4) is 0 Å². The summed E-state index contributed by atoms with van der Waals surface area (Å²) in [7, 11) is 0. The van der Waals surface area contributed by atoms with Gasteiger partial charge >= 0.3 is 0 Å². The summed E-state index contributed by atoms with van der Waals surface area (Å²) in [5, 5.41) is 0.437. The number of hydrogen-bond donors (Lipinski definition) is 0. The molecule has 2 aromatic rings. The molecule has 0 aliphatic heterocycles. The lowest BCUT2D eigenvalue weighted by atomic mass is 10.2. The van der Waals surface area contributed by atoms with Crippen LogP contribution in [0.15, 0.2) is 12.3 Å². The summed E-state index contributed by atoms with van der Waals surface area (Å²) in [6.07, 6.45) is 1.67. The topological polar surface area (TPSA) is 38.7 Å². The molecule has 0 unspecified atom stereocenters. The van der Waals surface area contributed by atoms with Crippen molar-refractivity contribution in [3.63, 3.8) is 0 Å². The molecule has 13 heavy (non-hydrogen) atoms. The Bertz CT molecular complexity index is 470. The van der Waals surface area contributed by atoms with Crippen molar-refractivity contribution < 1.29 is 0 Å². The molecule has 0 N–H and O–H groups in total. The van der Waals surface area contributed by atoms with Gasteiger partial charge in [0, 0.05) is 6.20 Å². The molecule has 0 bridgehead atoms. The fraction of sp³-hybridized carbons (Fsp3) is 0.125. The first kappa shape index (κ1) is 8.66. The van der Waals surface area contributed by atoms with Crippen LogP contribution in [0.4, 0.5) is 0 Å². The quantitative estimate of drug-likeness (QED) is 0.499. The molecule has 0 aliphatic carbocycles. The van der Waals surface area contributed by atoms with Crippen LogP contribution in [0.25, 0.3) is 11.0 Å². The molecule has 0 aliphatic rings. The Kier molecular flexibility index (Phi) is 2.06. The molecule has 0 amide bonds. The van der Waals surface area contributed by atoms with Crippen LogP contribution in [0.2, 0.25) is 10.4 Å². The van der Waals surface area contributed by atoms with Crippen LogP contribution in [-0.4, -0.2) is 15.0 Å². The molecule has 0 saturated carbocycles. The molecule has 0 atom stereocenters. The normalized spacial score (nSPS) is 10.7. The second kappa shape index (κ2) is 3.09.